The van der Waals surface area contributed by atoms with Crippen LogP contribution in [0.15, 0.2) is 72.8 Å². The van der Waals surface area contributed by atoms with E-state index in [2.05, 4.69) is 20.9 Å². The normalized spacial score (nSPS) is 23.7. The molecule has 0 unspecified atom stereocenters. The fourth-order valence-electron chi connectivity index (χ4n) is 8.83. The number of anilines is 2. The molecule has 6 N–H and O–H groups in total. The minimum Gasteiger partial charge on any atom is -0.397 e. The van der Waals surface area contributed by atoms with E-state index >= 15 is 0 Å². The van der Waals surface area contributed by atoms with Crippen molar-refractivity contribution in [3.8, 4) is 0 Å². The molecule has 2 saturated heterocycles. The van der Waals surface area contributed by atoms with Gasteiger partial charge in [0.25, 0.3) is 0 Å². The van der Waals surface area contributed by atoms with Crippen LogP contribution in [0.25, 0.3) is 0 Å². The predicted molar refractivity (Wildman–Crippen MR) is 227 cm³/mol. The lowest BCUT2D eigenvalue weighted by molar-refractivity contribution is -0.255. The summed E-state index contributed by atoms with van der Waals surface area (Å²) in [6.07, 6.45) is 10.5. The van der Waals surface area contributed by atoms with E-state index in [0.29, 0.717) is 55.7 Å². The molecule has 6 rings (SSSR count). The van der Waals surface area contributed by atoms with Gasteiger partial charge in [-0.25, -0.2) is 0 Å². The number of aliphatic hydroxyl groups excluding tert-OH is 1. The van der Waals surface area contributed by atoms with Crippen molar-refractivity contribution >= 4 is 29.1 Å². The van der Waals surface area contributed by atoms with Crippen LogP contribution in [0, 0.1) is 5.92 Å². The summed E-state index contributed by atoms with van der Waals surface area (Å²) in [5, 5.41) is 18.9. The topological polar surface area (TPSA) is 155 Å². The molecule has 2 heterocycles. The van der Waals surface area contributed by atoms with Crippen molar-refractivity contribution in [2.75, 3.05) is 17.6 Å². The average molecular weight is 796 g/mol. The highest BCUT2D eigenvalue weighted by Gasteiger charge is 2.44. The van der Waals surface area contributed by atoms with Gasteiger partial charge in [-0.05, 0) is 94.0 Å². The summed E-state index contributed by atoms with van der Waals surface area (Å²) in [6.45, 7) is 7.18. The Kier molecular flexibility index (Phi) is 15.4. The van der Waals surface area contributed by atoms with Gasteiger partial charge in [0.2, 0.25) is 17.7 Å². The van der Waals surface area contributed by atoms with E-state index in [1.807, 2.05) is 81.4 Å². The van der Waals surface area contributed by atoms with Gasteiger partial charge in [-0.3, -0.25) is 19.3 Å². The number of nitrogen functional groups attached to an aromatic ring is 1. The summed E-state index contributed by atoms with van der Waals surface area (Å²) < 4.78 is 13.5. The van der Waals surface area contributed by atoms with Crippen LogP contribution in [0.3, 0.4) is 0 Å². The van der Waals surface area contributed by atoms with E-state index in [1.165, 1.54) is 19.3 Å². The van der Waals surface area contributed by atoms with Crippen molar-refractivity contribution in [1.29, 1.82) is 0 Å². The predicted octanol–water partition coefficient (Wildman–Crippen LogP) is 7.84. The van der Waals surface area contributed by atoms with Crippen LogP contribution in [-0.4, -0.2) is 58.0 Å². The molecule has 6 atom stereocenters. The van der Waals surface area contributed by atoms with Crippen LogP contribution in [0.1, 0.15) is 139 Å². The molecule has 3 aromatic carbocycles. The number of benzene rings is 3. The third-order valence-corrected chi connectivity index (χ3v) is 11.9. The molecule has 314 valence electrons. The largest absolute Gasteiger partial charge is 0.397 e. The van der Waals surface area contributed by atoms with E-state index in [-0.39, 0.29) is 48.1 Å². The van der Waals surface area contributed by atoms with Gasteiger partial charge in [0.1, 0.15) is 0 Å². The zero-order valence-electron chi connectivity index (χ0n) is 34.7. The monoisotopic (exact) mass is 795 g/mol. The molecule has 1 aliphatic carbocycles. The number of fused-ring (bicyclic) bond motifs is 1. The van der Waals surface area contributed by atoms with Crippen LogP contribution in [0.2, 0.25) is 0 Å². The number of unbranched alkanes of at least 4 members (excludes halogenated alkanes) is 3. The van der Waals surface area contributed by atoms with Crippen molar-refractivity contribution in [2.45, 2.75) is 154 Å². The molecular weight excluding hydrogens is 731 g/mol. The number of nitrogens with zero attached hydrogens (tertiary/aromatic N) is 1. The number of piperidine rings is 1. The highest BCUT2D eigenvalue weighted by Crippen LogP contribution is 2.42. The number of ether oxygens (including phenoxy) is 2. The van der Waals surface area contributed by atoms with Crippen molar-refractivity contribution in [3.63, 3.8) is 0 Å². The molecule has 3 aliphatic rings. The SMILES string of the molecule is CC(C)(C)NC(=O)[C@H]1CC[C@H]2CCCC[C@H]2N1C[C@@H]1C[C@H](c2ccc(CO)cc2)O[C@H](c2ccc(CNC(=O)CCCCCCC(=O)Nc3ccccc3N)cc2)O1. The molecule has 11 heteroatoms. The maximum Gasteiger partial charge on any atom is 0.237 e. The quantitative estimate of drug-likeness (QED) is 0.0726. The third-order valence-electron chi connectivity index (χ3n) is 11.9. The van der Waals surface area contributed by atoms with Gasteiger partial charge < -0.3 is 36.3 Å². The van der Waals surface area contributed by atoms with Gasteiger partial charge in [0.15, 0.2) is 6.29 Å². The van der Waals surface area contributed by atoms with E-state index in [0.717, 1.165) is 67.2 Å². The number of para-hydroxylation sites is 2. The Balaban J connectivity index is 1.03. The number of nitrogens with one attached hydrogen (secondary N) is 3. The van der Waals surface area contributed by atoms with Crippen LogP contribution in [-0.2, 0) is 37.0 Å². The molecule has 0 radical (unpaired) electrons. The summed E-state index contributed by atoms with van der Waals surface area (Å²) in [7, 11) is 0. The van der Waals surface area contributed by atoms with Crippen LogP contribution < -0.4 is 21.7 Å². The molecule has 3 fully saturated rings. The summed E-state index contributed by atoms with van der Waals surface area (Å²) >= 11 is 0. The molecule has 58 heavy (non-hydrogen) atoms. The van der Waals surface area contributed by atoms with E-state index < -0.39 is 6.29 Å². The van der Waals surface area contributed by atoms with Crippen molar-refractivity contribution in [1.82, 2.24) is 15.5 Å². The molecule has 1 saturated carbocycles. The van der Waals surface area contributed by atoms with E-state index in [4.69, 9.17) is 15.2 Å². The minimum atomic E-state index is -0.610. The zero-order valence-corrected chi connectivity index (χ0v) is 34.7. The fraction of sp³-hybridized carbons (Fsp3) is 0.553. The van der Waals surface area contributed by atoms with Gasteiger partial charge in [-0.2, -0.15) is 0 Å². The fourth-order valence-corrected chi connectivity index (χ4v) is 8.83. The molecule has 0 aromatic heterocycles. The average Bonchev–Trinajstić information content (AvgIpc) is 3.21. The Hall–Kier alpha value is -4.29. The number of nitrogens with two attached hydrogens (primary N) is 1. The summed E-state index contributed by atoms with van der Waals surface area (Å²) in [6, 6.07) is 23.4. The van der Waals surface area contributed by atoms with E-state index in [1.54, 1.807) is 12.1 Å². The lowest BCUT2D eigenvalue weighted by atomic mass is 9.75. The Morgan fingerprint density at radius 2 is 1.47 bits per heavy atom. The first-order valence-corrected chi connectivity index (χ1v) is 21.5. The number of hydrogen-bond acceptors (Lipinski definition) is 8. The standard InChI is InChI=1S/C47H65N5O6/c1-47(2,3)51-45(56)41-27-26-34-12-8-11-15-40(34)52(41)30-37-28-42(35-22-20-33(31-53)21-23-35)58-46(57-37)36-24-18-32(19-25-36)29-49-43(54)16-6-4-5-7-17-44(55)50-39-14-10-9-13-38(39)48/h9-10,13-14,18-25,34,37,40-42,46,53H,4-8,11-12,15-17,26-31,48H2,1-3H3,(H,49,54)(H,50,55)(H,51,56)/t34-,37+,40-,41-,42-,46-/m1/s1. The molecular formula is C47H65N5O6. The first-order chi connectivity index (χ1) is 28.0. The molecule has 2 aliphatic heterocycles. The van der Waals surface area contributed by atoms with Crippen molar-refractivity contribution in [3.05, 3.63) is 95.1 Å². The van der Waals surface area contributed by atoms with Crippen molar-refractivity contribution < 1.29 is 29.0 Å². The number of aliphatic hydroxyl groups is 1. The number of rotatable bonds is 16. The molecule has 11 nitrogen and oxygen atoms in total. The van der Waals surface area contributed by atoms with Gasteiger partial charge in [0.05, 0.1) is 36.2 Å². The third kappa shape index (κ3) is 12.4. The van der Waals surface area contributed by atoms with Gasteiger partial charge in [-0.1, -0.05) is 86.3 Å². The van der Waals surface area contributed by atoms with Gasteiger partial charge in [-0.15, -0.1) is 0 Å². The smallest absolute Gasteiger partial charge is 0.237 e. The van der Waals surface area contributed by atoms with Gasteiger partial charge >= 0.3 is 0 Å². The molecule has 3 amide bonds. The summed E-state index contributed by atoms with van der Waals surface area (Å²) in [5.74, 6) is 0.655. The number of hydrogen-bond donors (Lipinski definition) is 5. The van der Waals surface area contributed by atoms with E-state index in [9.17, 15) is 19.5 Å². The maximum absolute atomic E-state index is 13.8. The second-order valence-electron chi connectivity index (χ2n) is 17.6. The van der Waals surface area contributed by atoms with Gasteiger partial charge in [0, 0.05) is 49.5 Å². The molecule has 0 bridgehead atoms. The lowest BCUT2D eigenvalue weighted by Gasteiger charge is -2.50. The van der Waals surface area contributed by atoms with Crippen LogP contribution >= 0.6 is 0 Å². The number of carbonyl (C=O) groups is 3. The van der Waals surface area contributed by atoms with Crippen molar-refractivity contribution in [2.24, 2.45) is 5.92 Å². The zero-order chi connectivity index (χ0) is 41.1. The summed E-state index contributed by atoms with van der Waals surface area (Å²) in [4.78, 5) is 41.2. The first kappa shape index (κ1) is 43.3. The number of amides is 3. The number of carbonyl (C=O) groups excluding carboxylic acids is 3. The maximum atomic E-state index is 13.8. The second kappa shape index (κ2) is 20.6. The Bertz CT molecular complexity index is 1790. The number of likely N-dealkylation sites (tertiary alicyclic amines) is 1. The molecule has 0 spiro atoms. The Morgan fingerprint density at radius 3 is 2.17 bits per heavy atom. The Labute approximate surface area is 344 Å². The molecule has 3 aromatic rings. The first-order valence-electron chi connectivity index (χ1n) is 21.5. The second-order valence-corrected chi connectivity index (χ2v) is 17.6. The Morgan fingerprint density at radius 1 is 0.793 bits per heavy atom. The highest BCUT2D eigenvalue weighted by molar-refractivity contribution is 5.93. The summed E-state index contributed by atoms with van der Waals surface area (Å²) in [5.41, 5.74) is 10.5. The lowest BCUT2D eigenvalue weighted by Crippen LogP contribution is -2.61. The van der Waals surface area contributed by atoms with Crippen LogP contribution in [0.4, 0.5) is 11.4 Å². The highest BCUT2D eigenvalue weighted by atomic mass is 16.7. The minimum absolute atomic E-state index is 0.00521. The van der Waals surface area contributed by atoms with Crippen LogP contribution in [0.5, 0.6) is 0 Å².